The normalized spacial score (nSPS) is 16.5. The van der Waals surface area contributed by atoms with E-state index in [1.165, 1.54) is 5.56 Å². The first-order valence-corrected chi connectivity index (χ1v) is 13.0. The third-order valence-electron chi connectivity index (χ3n) is 6.46. The van der Waals surface area contributed by atoms with Gasteiger partial charge in [-0.05, 0) is 35.4 Å². The predicted octanol–water partition coefficient (Wildman–Crippen LogP) is 4.80. The van der Waals surface area contributed by atoms with Crippen molar-refractivity contribution in [2.75, 3.05) is 43.4 Å². The number of thioether (sulfide) groups is 1. The predicted molar refractivity (Wildman–Crippen MR) is 143 cm³/mol. The van der Waals surface area contributed by atoms with Crippen molar-refractivity contribution in [3.05, 3.63) is 102 Å². The van der Waals surface area contributed by atoms with Crippen LogP contribution < -0.4 is 4.90 Å². The third kappa shape index (κ3) is 5.66. The van der Waals surface area contributed by atoms with Crippen molar-refractivity contribution in [1.29, 1.82) is 0 Å². The molecule has 0 unspecified atom stereocenters. The van der Waals surface area contributed by atoms with Gasteiger partial charge in [0.15, 0.2) is 0 Å². The summed E-state index contributed by atoms with van der Waals surface area (Å²) >= 11 is 1.58. The van der Waals surface area contributed by atoms with Crippen molar-refractivity contribution < 1.29 is 9.59 Å². The largest absolute Gasteiger partial charge is 0.336 e. The highest BCUT2D eigenvalue weighted by Gasteiger charge is 2.25. The van der Waals surface area contributed by atoms with Gasteiger partial charge < -0.3 is 9.80 Å². The average Bonchev–Trinajstić information content (AvgIpc) is 2.91. The summed E-state index contributed by atoms with van der Waals surface area (Å²) in [4.78, 5) is 33.1. The van der Waals surface area contributed by atoms with Crippen LogP contribution in [-0.4, -0.2) is 60.1 Å². The van der Waals surface area contributed by atoms with Gasteiger partial charge in [-0.1, -0.05) is 66.7 Å². The molecular weight excluding hydrogens is 454 g/mol. The molecule has 2 amide bonds. The van der Waals surface area contributed by atoms with Crippen LogP contribution in [0.2, 0.25) is 0 Å². The summed E-state index contributed by atoms with van der Waals surface area (Å²) in [6, 6.07) is 26.0. The van der Waals surface area contributed by atoms with Crippen LogP contribution in [0.5, 0.6) is 0 Å². The van der Waals surface area contributed by atoms with Gasteiger partial charge in [0.05, 0.1) is 18.0 Å². The number of rotatable bonds is 6. The fourth-order valence-electron chi connectivity index (χ4n) is 4.53. The first-order chi connectivity index (χ1) is 17.2. The second-order valence-corrected chi connectivity index (χ2v) is 9.86. The summed E-state index contributed by atoms with van der Waals surface area (Å²) in [6.07, 6.45) is 4.34. The van der Waals surface area contributed by atoms with Crippen LogP contribution in [0.3, 0.4) is 0 Å². The molecule has 5 rings (SSSR count). The summed E-state index contributed by atoms with van der Waals surface area (Å²) in [5.74, 6) is 0.607. The lowest BCUT2D eigenvalue weighted by molar-refractivity contribution is -0.116. The van der Waals surface area contributed by atoms with Crippen LogP contribution in [-0.2, 0) is 11.3 Å². The minimum absolute atomic E-state index is 0.0623. The number of piperazine rings is 1. The molecule has 6 heteroatoms. The second kappa shape index (κ2) is 10.9. The van der Waals surface area contributed by atoms with Crippen molar-refractivity contribution >= 4 is 35.3 Å². The zero-order chi connectivity index (χ0) is 24.0. The Morgan fingerprint density at radius 3 is 2.49 bits per heavy atom. The number of para-hydroxylation sites is 1. The molecule has 2 heterocycles. The van der Waals surface area contributed by atoms with Crippen LogP contribution in [0.25, 0.3) is 6.08 Å². The molecule has 5 nitrogen and oxygen atoms in total. The number of carbonyl (C=O) groups excluding carboxylic acids is 2. The van der Waals surface area contributed by atoms with Crippen LogP contribution >= 0.6 is 11.8 Å². The van der Waals surface area contributed by atoms with Crippen LogP contribution in [0, 0.1) is 0 Å². The first kappa shape index (κ1) is 23.4. The number of benzene rings is 3. The van der Waals surface area contributed by atoms with Gasteiger partial charge in [-0.15, -0.1) is 11.8 Å². The van der Waals surface area contributed by atoms with Gasteiger partial charge in [-0.2, -0.15) is 0 Å². The van der Waals surface area contributed by atoms with Gasteiger partial charge in [-0.3, -0.25) is 14.5 Å². The summed E-state index contributed by atoms with van der Waals surface area (Å²) in [6.45, 7) is 4.52. The van der Waals surface area contributed by atoms with Gasteiger partial charge in [0.1, 0.15) is 0 Å². The van der Waals surface area contributed by atoms with Gasteiger partial charge in [0.25, 0.3) is 5.91 Å². The fraction of sp³-hybridized carbons (Fsp3) is 0.241. The van der Waals surface area contributed by atoms with E-state index in [1.54, 1.807) is 11.8 Å². The Morgan fingerprint density at radius 1 is 0.886 bits per heavy atom. The first-order valence-electron chi connectivity index (χ1n) is 12.0. The molecule has 1 saturated heterocycles. The summed E-state index contributed by atoms with van der Waals surface area (Å²) in [5.41, 5.74) is 3.81. The van der Waals surface area contributed by atoms with Crippen molar-refractivity contribution in [2.24, 2.45) is 0 Å². The molecule has 0 saturated carbocycles. The molecule has 0 aliphatic carbocycles. The van der Waals surface area contributed by atoms with Crippen LogP contribution in [0.15, 0.2) is 89.8 Å². The van der Waals surface area contributed by atoms with E-state index in [0.29, 0.717) is 17.9 Å². The van der Waals surface area contributed by atoms with Crippen LogP contribution in [0.4, 0.5) is 5.69 Å². The molecule has 178 valence electrons. The van der Waals surface area contributed by atoms with Gasteiger partial charge >= 0.3 is 0 Å². The molecule has 0 radical (unpaired) electrons. The van der Waals surface area contributed by atoms with E-state index in [9.17, 15) is 9.59 Å². The fourth-order valence-corrected chi connectivity index (χ4v) is 5.47. The molecule has 2 aliphatic heterocycles. The van der Waals surface area contributed by atoms with Crippen molar-refractivity contribution in [3.63, 3.8) is 0 Å². The lowest BCUT2D eigenvalue weighted by Gasteiger charge is -2.34. The maximum absolute atomic E-state index is 13.2. The van der Waals surface area contributed by atoms with E-state index in [0.717, 1.165) is 48.9 Å². The Kier molecular flexibility index (Phi) is 7.31. The van der Waals surface area contributed by atoms with Gasteiger partial charge in [-0.25, -0.2) is 0 Å². The second-order valence-electron chi connectivity index (χ2n) is 8.84. The maximum Gasteiger partial charge on any atom is 0.253 e. The Morgan fingerprint density at radius 2 is 1.66 bits per heavy atom. The van der Waals surface area contributed by atoms with Crippen molar-refractivity contribution in [3.8, 4) is 0 Å². The topological polar surface area (TPSA) is 43.9 Å². The maximum atomic E-state index is 13.2. The monoisotopic (exact) mass is 483 g/mol. The molecule has 35 heavy (non-hydrogen) atoms. The molecule has 0 N–H and O–H groups in total. The molecule has 2 aliphatic rings. The molecular formula is C29H29N3O2S. The van der Waals surface area contributed by atoms with Crippen molar-refractivity contribution in [2.45, 2.75) is 11.4 Å². The molecule has 3 aromatic carbocycles. The number of hydrogen-bond acceptors (Lipinski definition) is 4. The minimum Gasteiger partial charge on any atom is -0.336 e. The Labute approximate surface area is 211 Å². The van der Waals surface area contributed by atoms with E-state index in [-0.39, 0.29) is 11.8 Å². The molecule has 3 aromatic rings. The molecule has 0 spiro atoms. The number of carbonyl (C=O) groups is 2. The van der Waals surface area contributed by atoms with E-state index in [1.807, 2.05) is 70.5 Å². The quantitative estimate of drug-likeness (QED) is 0.505. The smallest absolute Gasteiger partial charge is 0.253 e. The zero-order valence-corrected chi connectivity index (χ0v) is 20.5. The highest BCUT2D eigenvalue weighted by Crippen LogP contribution is 2.35. The van der Waals surface area contributed by atoms with E-state index in [2.05, 4.69) is 35.3 Å². The minimum atomic E-state index is 0.0623. The molecule has 0 bridgehead atoms. The Balaban J connectivity index is 1.18. The number of anilines is 1. The number of amides is 2. The third-order valence-corrected chi connectivity index (χ3v) is 7.50. The Bertz CT molecular complexity index is 1220. The average molecular weight is 484 g/mol. The van der Waals surface area contributed by atoms with E-state index in [4.69, 9.17) is 0 Å². The van der Waals surface area contributed by atoms with Crippen molar-refractivity contribution in [1.82, 2.24) is 9.80 Å². The molecule has 0 atom stereocenters. The van der Waals surface area contributed by atoms with E-state index >= 15 is 0 Å². The van der Waals surface area contributed by atoms with Gasteiger partial charge in [0, 0.05) is 43.2 Å². The van der Waals surface area contributed by atoms with Crippen LogP contribution in [0.1, 0.15) is 21.5 Å². The van der Waals surface area contributed by atoms with E-state index < -0.39 is 0 Å². The highest BCUT2D eigenvalue weighted by atomic mass is 32.2. The highest BCUT2D eigenvalue weighted by molar-refractivity contribution is 8.00. The molecule has 1 fully saturated rings. The zero-order valence-electron chi connectivity index (χ0n) is 19.7. The van der Waals surface area contributed by atoms with Gasteiger partial charge in [0.2, 0.25) is 5.91 Å². The lowest BCUT2D eigenvalue weighted by Crippen LogP contribution is -2.48. The SMILES string of the molecule is O=C(c1cccc(CN2C(=O)CSc3ccccc32)c1)N1CCN(CC=Cc2ccccc2)CC1. The summed E-state index contributed by atoms with van der Waals surface area (Å²) < 4.78 is 0. The Hall–Kier alpha value is -3.35. The number of fused-ring (bicyclic) bond motifs is 1. The summed E-state index contributed by atoms with van der Waals surface area (Å²) in [5, 5.41) is 0. The summed E-state index contributed by atoms with van der Waals surface area (Å²) in [7, 11) is 0. The number of hydrogen-bond donors (Lipinski definition) is 0. The molecule has 0 aromatic heterocycles. The number of nitrogens with zero attached hydrogens (tertiary/aromatic N) is 3. The standard InChI is InChI=1S/C29H29N3O2S/c33-28-22-35-27-14-5-4-13-26(27)32(28)21-24-10-6-12-25(20-24)29(34)31-18-16-30(17-19-31)15-7-11-23-8-2-1-3-9-23/h1-14,20H,15-19,21-22H2. The lowest BCUT2D eigenvalue weighted by atomic mass is 10.1.